The number of benzene rings is 1. The second kappa shape index (κ2) is 5.47. The third-order valence-corrected chi connectivity index (χ3v) is 3.18. The lowest BCUT2D eigenvalue weighted by Crippen LogP contribution is -2.35. The molecule has 2 rings (SSSR count). The van der Waals surface area contributed by atoms with Gasteiger partial charge in [0.2, 0.25) is 0 Å². The quantitative estimate of drug-likeness (QED) is 0.873. The minimum atomic E-state index is -0.318. The zero-order valence-electron chi connectivity index (χ0n) is 10.0. The van der Waals surface area contributed by atoms with Crippen LogP contribution in [0.15, 0.2) is 18.2 Å². The van der Waals surface area contributed by atoms with Gasteiger partial charge in [-0.25, -0.2) is 4.39 Å². The van der Waals surface area contributed by atoms with Gasteiger partial charge in [-0.3, -0.25) is 4.90 Å². The fourth-order valence-corrected chi connectivity index (χ4v) is 2.14. The normalized spacial score (nSPS) is 18.3. The Morgan fingerprint density at radius 2 is 2.12 bits per heavy atom. The van der Waals surface area contributed by atoms with E-state index in [9.17, 15) is 9.50 Å². The summed E-state index contributed by atoms with van der Waals surface area (Å²) in [6.07, 6.45) is 1.44. The van der Waals surface area contributed by atoms with E-state index >= 15 is 0 Å². The number of rotatable bonds is 3. The lowest BCUT2D eigenvalue weighted by Gasteiger charge is -2.29. The first-order valence-electron chi connectivity index (χ1n) is 5.92. The number of nitrogens with zero attached hydrogens (tertiary/aromatic N) is 1. The van der Waals surface area contributed by atoms with Crippen LogP contribution in [0.1, 0.15) is 18.4 Å². The minimum Gasteiger partial charge on any atom is -0.494 e. The van der Waals surface area contributed by atoms with Crippen LogP contribution in [-0.4, -0.2) is 36.3 Å². The first kappa shape index (κ1) is 12.3. The number of hydrogen-bond acceptors (Lipinski definition) is 3. The molecular weight excluding hydrogens is 221 g/mol. The number of hydrogen-bond donors (Lipinski definition) is 1. The van der Waals surface area contributed by atoms with E-state index in [1.807, 2.05) is 6.07 Å². The molecule has 1 aliphatic heterocycles. The topological polar surface area (TPSA) is 32.7 Å². The van der Waals surface area contributed by atoms with E-state index in [-0.39, 0.29) is 17.7 Å². The van der Waals surface area contributed by atoms with E-state index < -0.39 is 0 Å². The summed E-state index contributed by atoms with van der Waals surface area (Å²) >= 11 is 0. The highest BCUT2D eigenvalue weighted by Crippen LogP contribution is 2.20. The van der Waals surface area contributed by atoms with Crippen LogP contribution in [0, 0.1) is 5.82 Å². The molecule has 4 heteroatoms. The van der Waals surface area contributed by atoms with Crippen LogP contribution in [0.3, 0.4) is 0 Å². The van der Waals surface area contributed by atoms with Crippen LogP contribution < -0.4 is 4.74 Å². The fourth-order valence-electron chi connectivity index (χ4n) is 2.14. The minimum absolute atomic E-state index is 0.168. The molecule has 0 aromatic heterocycles. The van der Waals surface area contributed by atoms with Gasteiger partial charge in [-0.15, -0.1) is 0 Å². The number of piperidine rings is 1. The lowest BCUT2D eigenvalue weighted by molar-refractivity contribution is 0.0792. The number of methoxy groups -OCH3 is 1. The molecule has 94 valence electrons. The van der Waals surface area contributed by atoms with Gasteiger partial charge in [0.25, 0.3) is 0 Å². The molecule has 0 atom stereocenters. The summed E-state index contributed by atoms with van der Waals surface area (Å²) in [6.45, 7) is 2.47. The summed E-state index contributed by atoms with van der Waals surface area (Å²) in [5.74, 6) is -0.0372. The maximum atomic E-state index is 13.5. The standard InChI is InChI=1S/C13H18FNO2/c1-17-13-3-2-10(8-12(13)14)9-15-6-4-11(16)5-7-15/h2-3,8,11,16H,4-7,9H2,1H3. The Morgan fingerprint density at radius 1 is 1.41 bits per heavy atom. The monoisotopic (exact) mass is 239 g/mol. The average molecular weight is 239 g/mol. The van der Waals surface area contributed by atoms with Gasteiger partial charge in [0.05, 0.1) is 13.2 Å². The molecule has 3 nitrogen and oxygen atoms in total. The Hall–Kier alpha value is -1.13. The molecule has 1 saturated heterocycles. The predicted octanol–water partition coefficient (Wildman–Crippen LogP) is 1.79. The van der Waals surface area contributed by atoms with Crippen LogP contribution in [0.25, 0.3) is 0 Å². The molecule has 1 N–H and O–H groups in total. The molecule has 1 aliphatic rings. The molecule has 0 aliphatic carbocycles. The lowest BCUT2D eigenvalue weighted by atomic mass is 10.1. The van der Waals surface area contributed by atoms with Crippen molar-refractivity contribution in [1.29, 1.82) is 0 Å². The average Bonchev–Trinajstić information content (AvgIpc) is 2.32. The van der Waals surface area contributed by atoms with Gasteiger partial charge in [-0.05, 0) is 30.5 Å². The summed E-state index contributed by atoms with van der Waals surface area (Å²) < 4.78 is 18.4. The van der Waals surface area contributed by atoms with Crippen LogP contribution in [0.2, 0.25) is 0 Å². The molecular formula is C13H18FNO2. The Balaban J connectivity index is 1.97. The molecule has 0 unspecified atom stereocenters. The third-order valence-electron chi connectivity index (χ3n) is 3.18. The number of ether oxygens (including phenoxy) is 1. The van der Waals surface area contributed by atoms with Crippen molar-refractivity contribution >= 4 is 0 Å². The highest BCUT2D eigenvalue weighted by molar-refractivity contribution is 5.29. The van der Waals surface area contributed by atoms with E-state index in [2.05, 4.69) is 4.90 Å². The van der Waals surface area contributed by atoms with Crippen LogP contribution >= 0.6 is 0 Å². The SMILES string of the molecule is COc1ccc(CN2CCC(O)CC2)cc1F. The summed E-state index contributed by atoms with van der Waals surface area (Å²) in [5.41, 5.74) is 0.944. The smallest absolute Gasteiger partial charge is 0.165 e. The number of halogens is 1. The predicted molar refractivity (Wildman–Crippen MR) is 63.5 cm³/mol. The van der Waals surface area contributed by atoms with Crippen molar-refractivity contribution in [3.8, 4) is 5.75 Å². The molecule has 0 bridgehead atoms. The Bertz CT molecular complexity index is 376. The third kappa shape index (κ3) is 3.17. The van der Waals surface area contributed by atoms with Gasteiger partial charge in [0, 0.05) is 19.6 Å². The highest BCUT2D eigenvalue weighted by Gasteiger charge is 2.17. The van der Waals surface area contributed by atoms with E-state index in [1.165, 1.54) is 13.2 Å². The molecule has 0 saturated carbocycles. The van der Waals surface area contributed by atoms with Crippen molar-refractivity contribution in [2.24, 2.45) is 0 Å². The van der Waals surface area contributed by atoms with E-state index in [0.717, 1.165) is 38.0 Å². The first-order chi connectivity index (χ1) is 8.19. The van der Waals surface area contributed by atoms with Gasteiger partial charge in [-0.2, -0.15) is 0 Å². The Morgan fingerprint density at radius 3 is 2.71 bits per heavy atom. The van der Waals surface area contributed by atoms with E-state index in [4.69, 9.17) is 4.74 Å². The highest BCUT2D eigenvalue weighted by atomic mass is 19.1. The molecule has 17 heavy (non-hydrogen) atoms. The van der Waals surface area contributed by atoms with Crippen molar-refractivity contribution in [2.75, 3.05) is 20.2 Å². The number of aliphatic hydroxyl groups excluding tert-OH is 1. The van der Waals surface area contributed by atoms with Crippen LogP contribution in [0.5, 0.6) is 5.75 Å². The van der Waals surface area contributed by atoms with Gasteiger partial charge in [-0.1, -0.05) is 6.07 Å². The summed E-state index contributed by atoms with van der Waals surface area (Å²) in [5, 5.41) is 9.40. The van der Waals surface area contributed by atoms with Crippen molar-refractivity contribution in [3.05, 3.63) is 29.6 Å². The zero-order valence-corrected chi connectivity index (χ0v) is 10.0. The molecule has 0 amide bonds. The molecule has 0 radical (unpaired) electrons. The maximum absolute atomic E-state index is 13.5. The second-order valence-electron chi connectivity index (χ2n) is 4.48. The molecule has 1 aromatic rings. The summed E-state index contributed by atoms with van der Waals surface area (Å²) in [7, 11) is 1.46. The van der Waals surface area contributed by atoms with Crippen LogP contribution in [-0.2, 0) is 6.54 Å². The fraction of sp³-hybridized carbons (Fsp3) is 0.538. The van der Waals surface area contributed by atoms with Gasteiger partial charge in [0.15, 0.2) is 11.6 Å². The first-order valence-corrected chi connectivity index (χ1v) is 5.92. The Kier molecular flexibility index (Phi) is 3.97. The van der Waals surface area contributed by atoms with Gasteiger partial charge >= 0.3 is 0 Å². The van der Waals surface area contributed by atoms with Crippen molar-refractivity contribution in [3.63, 3.8) is 0 Å². The second-order valence-corrected chi connectivity index (χ2v) is 4.48. The van der Waals surface area contributed by atoms with Crippen molar-refractivity contribution in [1.82, 2.24) is 4.90 Å². The zero-order chi connectivity index (χ0) is 12.3. The van der Waals surface area contributed by atoms with Crippen molar-refractivity contribution in [2.45, 2.75) is 25.5 Å². The van der Waals surface area contributed by atoms with Crippen molar-refractivity contribution < 1.29 is 14.2 Å². The largest absolute Gasteiger partial charge is 0.494 e. The number of aliphatic hydroxyl groups is 1. The number of likely N-dealkylation sites (tertiary alicyclic amines) is 1. The molecule has 1 fully saturated rings. The summed E-state index contributed by atoms with van der Waals surface area (Å²) in [4.78, 5) is 2.23. The van der Waals surface area contributed by atoms with E-state index in [0.29, 0.717) is 0 Å². The molecule has 1 heterocycles. The summed E-state index contributed by atoms with van der Waals surface area (Å²) in [6, 6.07) is 5.06. The maximum Gasteiger partial charge on any atom is 0.165 e. The molecule has 0 spiro atoms. The Labute approximate surface area is 101 Å². The van der Waals surface area contributed by atoms with Gasteiger partial charge in [0.1, 0.15) is 0 Å². The molecule has 1 aromatic carbocycles. The van der Waals surface area contributed by atoms with Gasteiger partial charge < -0.3 is 9.84 Å². The van der Waals surface area contributed by atoms with Crippen LogP contribution in [0.4, 0.5) is 4.39 Å². The van der Waals surface area contributed by atoms with E-state index in [1.54, 1.807) is 6.07 Å².